The quantitative estimate of drug-likeness (QED) is 0.891. The third-order valence-corrected chi connectivity index (χ3v) is 4.67. The Morgan fingerprint density at radius 2 is 1.70 bits per heavy atom. The molecule has 0 bridgehead atoms. The Balaban J connectivity index is 2.00. The Labute approximate surface area is 119 Å². The molecule has 0 aliphatic heterocycles. The number of amides is 1. The summed E-state index contributed by atoms with van der Waals surface area (Å²) in [6.07, 6.45) is 0.262. The Hall–Kier alpha value is -1.42. The molecule has 1 aliphatic carbocycles. The molecule has 1 saturated carbocycles. The van der Waals surface area contributed by atoms with Gasteiger partial charge in [0.05, 0.1) is 6.42 Å². The van der Waals surface area contributed by atoms with Gasteiger partial charge < -0.3 is 11.1 Å². The number of rotatable bonds is 3. The summed E-state index contributed by atoms with van der Waals surface area (Å²) in [5, 5.41) is 3.08. The van der Waals surface area contributed by atoms with Gasteiger partial charge in [-0.25, -0.2) is 4.39 Å². The van der Waals surface area contributed by atoms with Crippen molar-refractivity contribution in [2.45, 2.75) is 46.2 Å². The molecule has 0 saturated heterocycles. The maximum Gasteiger partial charge on any atom is 0.224 e. The summed E-state index contributed by atoms with van der Waals surface area (Å²) in [4.78, 5) is 12.1. The monoisotopic (exact) mass is 278 g/mol. The number of hydrogen-bond acceptors (Lipinski definition) is 2. The van der Waals surface area contributed by atoms with Crippen molar-refractivity contribution in [2.75, 3.05) is 0 Å². The summed E-state index contributed by atoms with van der Waals surface area (Å²) in [5.74, 6) is -0.337. The van der Waals surface area contributed by atoms with E-state index in [1.807, 2.05) is 0 Å². The van der Waals surface area contributed by atoms with Crippen LogP contribution in [0.5, 0.6) is 0 Å². The zero-order chi connectivity index (χ0) is 15.1. The van der Waals surface area contributed by atoms with Gasteiger partial charge in [0.25, 0.3) is 0 Å². The first-order valence-electron chi connectivity index (χ1n) is 6.95. The highest BCUT2D eigenvalue weighted by Crippen LogP contribution is 2.52. The lowest BCUT2D eigenvalue weighted by Crippen LogP contribution is -2.76. The minimum Gasteiger partial charge on any atom is -0.352 e. The van der Waals surface area contributed by atoms with Crippen LogP contribution in [0.2, 0.25) is 0 Å². The fraction of sp³-hybridized carbons (Fsp3) is 0.562. The number of halogens is 1. The van der Waals surface area contributed by atoms with Crippen LogP contribution in [0.25, 0.3) is 0 Å². The second-order valence-electron chi connectivity index (χ2n) is 6.92. The molecule has 3 nitrogen and oxygen atoms in total. The first-order valence-corrected chi connectivity index (χ1v) is 6.95. The maximum absolute atomic E-state index is 12.8. The molecule has 0 radical (unpaired) electrons. The van der Waals surface area contributed by atoms with Crippen LogP contribution in [-0.4, -0.2) is 18.0 Å². The molecule has 1 aromatic rings. The van der Waals surface area contributed by atoms with E-state index in [0.29, 0.717) is 0 Å². The molecular formula is C16H23FN2O. The van der Waals surface area contributed by atoms with E-state index in [-0.39, 0.29) is 41.1 Å². The number of nitrogens with one attached hydrogen (secondary N) is 1. The fourth-order valence-corrected chi connectivity index (χ4v) is 3.55. The highest BCUT2D eigenvalue weighted by Gasteiger charge is 2.60. The van der Waals surface area contributed by atoms with E-state index in [0.717, 1.165) is 5.56 Å². The van der Waals surface area contributed by atoms with Crippen LogP contribution in [0.4, 0.5) is 4.39 Å². The molecular weight excluding hydrogens is 255 g/mol. The van der Waals surface area contributed by atoms with Gasteiger partial charge >= 0.3 is 0 Å². The van der Waals surface area contributed by atoms with Crippen LogP contribution >= 0.6 is 0 Å². The van der Waals surface area contributed by atoms with Gasteiger partial charge in [-0.15, -0.1) is 0 Å². The summed E-state index contributed by atoms with van der Waals surface area (Å²) in [6.45, 7) is 8.30. The normalized spacial score (nSPS) is 26.7. The molecule has 2 rings (SSSR count). The Morgan fingerprint density at radius 3 is 2.20 bits per heavy atom. The molecule has 0 aromatic heterocycles. The van der Waals surface area contributed by atoms with Crippen molar-refractivity contribution in [3.63, 3.8) is 0 Å². The number of hydrogen-bond donors (Lipinski definition) is 2. The minimum atomic E-state index is -0.290. The molecule has 1 amide bonds. The highest BCUT2D eigenvalue weighted by molar-refractivity contribution is 5.79. The van der Waals surface area contributed by atoms with Crippen molar-refractivity contribution in [2.24, 2.45) is 16.6 Å². The second kappa shape index (κ2) is 4.85. The Morgan fingerprint density at radius 1 is 1.20 bits per heavy atom. The highest BCUT2D eigenvalue weighted by atomic mass is 19.1. The van der Waals surface area contributed by atoms with Gasteiger partial charge in [-0.1, -0.05) is 39.8 Å². The molecule has 20 heavy (non-hydrogen) atoms. The van der Waals surface area contributed by atoms with Crippen LogP contribution < -0.4 is 11.1 Å². The van der Waals surface area contributed by atoms with Crippen LogP contribution in [0.3, 0.4) is 0 Å². The molecule has 0 atom stereocenters. The topological polar surface area (TPSA) is 55.1 Å². The van der Waals surface area contributed by atoms with Crippen molar-refractivity contribution < 1.29 is 9.18 Å². The Bertz CT molecular complexity index is 492. The summed E-state index contributed by atoms with van der Waals surface area (Å²) in [7, 11) is 0. The van der Waals surface area contributed by atoms with Crippen molar-refractivity contribution in [3.05, 3.63) is 35.6 Å². The van der Waals surface area contributed by atoms with E-state index in [1.165, 1.54) is 12.1 Å². The van der Waals surface area contributed by atoms with E-state index >= 15 is 0 Å². The molecule has 0 spiro atoms. The molecule has 1 fully saturated rings. The second-order valence-corrected chi connectivity index (χ2v) is 6.92. The van der Waals surface area contributed by atoms with E-state index in [9.17, 15) is 9.18 Å². The van der Waals surface area contributed by atoms with Crippen molar-refractivity contribution >= 4 is 5.91 Å². The lowest BCUT2D eigenvalue weighted by atomic mass is 9.48. The van der Waals surface area contributed by atoms with E-state index in [2.05, 4.69) is 33.0 Å². The van der Waals surface area contributed by atoms with Crippen LogP contribution in [0, 0.1) is 16.6 Å². The van der Waals surface area contributed by atoms with Crippen molar-refractivity contribution in [1.29, 1.82) is 0 Å². The molecule has 110 valence electrons. The molecule has 0 unspecified atom stereocenters. The predicted molar refractivity (Wildman–Crippen MR) is 77.6 cm³/mol. The summed E-state index contributed by atoms with van der Waals surface area (Å²) >= 11 is 0. The lowest BCUT2D eigenvalue weighted by molar-refractivity contribution is -0.131. The van der Waals surface area contributed by atoms with E-state index in [4.69, 9.17) is 5.73 Å². The van der Waals surface area contributed by atoms with E-state index in [1.54, 1.807) is 12.1 Å². The lowest BCUT2D eigenvalue weighted by Gasteiger charge is -2.62. The number of carbonyl (C=O) groups is 1. The minimum absolute atomic E-state index is 0.0466. The van der Waals surface area contributed by atoms with Crippen LogP contribution in [0.15, 0.2) is 24.3 Å². The third-order valence-electron chi connectivity index (χ3n) is 4.67. The van der Waals surface area contributed by atoms with Gasteiger partial charge in [0.1, 0.15) is 5.82 Å². The smallest absolute Gasteiger partial charge is 0.224 e. The van der Waals surface area contributed by atoms with Crippen LogP contribution in [-0.2, 0) is 11.2 Å². The first-order chi connectivity index (χ1) is 9.15. The largest absolute Gasteiger partial charge is 0.352 e. The molecule has 0 heterocycles. The van der Waals surface area contributed by atoms with Gasteiger partial charge in [-0.05, 0) is 17.7 Å². The van der Waals surface area contributed by atoms with Gasteiger partial charge in [-0.2, -0.15) is 0 Å². The number of carbonyl (C=O) groups excluding carboxylic acids is 1. The number of nitrogens with two attached hydrogens (primary N) is 1. The third kappa shape index (κ3) is 2.44. The molecule has 1 aromatic carbocycles. The van der Waals surface area contributed by atoms with Gasteiger partial charge in [0.15, 0.2) is 0 Å². The summed E-state index contributed by atoms with van der Waals surface area (Å²) in [6, 6.07) is 6.13. The summed E-state index contributed by atoms with van der Waals surface area (Å²) < 4.78 is 12.8. The van der Waals surface area contributed by atoms with Crippen molar-refractivity contribution in [1.82, 2.24) is 5.32 Å². The standard InChI is InChI=1S/C16H23FN2O/c1-15(2)13(18)16(3,4)14(15)19-12(20)9-10-5-7-11(17)8-6-10/h5-8,13-14H,9,18H2,1-4H3,(H,19,20). The molecule has 1 aliphatic rings. The first kappa shape index (κ1) is 15.0. The SMILES string of the molecule is CC1(C)C(N)C(C)(C)C1NC(=O)Cc1ccc(F)cc1. The van der Waals surface area contributed by atoms with Crippen molar-refractivity contribution in [3.8, 4) is 0 Å². The average Bonchev–Trinajstić information content (AvgIpc) is 2.37. The molecule has 4 heteroatoms. The van der Waals surface area contributed by atoms with Gasteiger partial charge in [-0.3, -0.25) is 4.79 Å². The van der Waals surface area contributed by atoms with E-state index < -0.39 is 0 Å². The predicted octanol–water partition coefficient (Wildman–Crippen LogP) is 2.25. The maximum atomic E-state index is 12.8. The zero-order valence-corrected chi connectivity index (χ0v) is 12.5. The summed E-state index contributed by atoms with van der Waals surface area (Å²) in [5.41, 5.74) is 6.77. The fourth-order valence-electron chi connectivity index (χ4n) is 3.55. The number of benzene rings is 1. The van der Waals surface area contributed by atoms with Gasteiger partial charge in [0, 0.05) is 22.9 Å². The Kier molecular flexibility index (Phi) is 3.63. The zero-order valence-electron chi connectivity index (χ0n) is 12.5. The van der Waals surface area contributed by atoms with Crippen LogP contribution in [0.1, 0.15) is 33.3 Å². The molecule has 3 N–H and O–H groups in total. The van der Waals surface area contributed by atoms with Gasteiger partial charge in [0.2, 0.25) is 5.91 Å². The average molecular weight is 278 g/mol.